The molecule has 2 atom stereocenters. The van der Waals surface area contributed by atoms with Gasteiger partial charge in [-0.2, -0.15) is 0 Å². The zero-order valence-corrected chi connectivity index (χ0v) is 14.7. The second-order valence-electron chi connectivity index (χ2n) is 6.34. The van der Waals surface area contributed by atoms with Crippen LogP contribution < -0.4 is 9.47 Å². The summed E-state index contributed by atoms with van der Waals surface area (Å²) >= 11 is 3.66. The third-order valence-corrected chi connectivity index (χ3v) is 6.03. The average molecular weight is 354 g/mol. The Morgan fingerprint density at radius 2 is 2.00 bits per heavy atom. The Hall–Kier alpha value is -0.740. The van der Waals surface area contributed by atoms with Crippen LogP contribution in [0, 0.1) is 0 Å². The van der Waals surface area contributed by atoms with Gasteiger partial charge in [-0.15, -0.1) is 0 Å². The van der Waals surface area contributed by atoms with Crippen LogP contribution in [-0.4, -0.2) is 38.8 Å². The van der Waals surface area contributed by atoms with Crippen LogP contribution in [0.3, 0.4) is 0 Å². The van der Waals surface area contributed by atoms with Crippen molar-refractivity contribution >= 4 is 15.9 Å². The van der Waals surface area contributed by atoms with Crippen LogP contribution in [0.2, 0.25) is 0 Å². The van der Waals surface area contributed by atoms with Gasteiger partial charge in [0.25, 0.3) is 0 Å². The second-order valence-corrected chi connectivity index (χ2v) is 7.20. The molecule has 4 heteroatoms. The van der Waals surface area contributed by atoms with Gasteiger partial charge < -0.3 is 14.4 Å². The van der Waals surface area contributed by atoms with Gasteiger partial charge in [0.15, 0.2) is 11.5 Å². The maximum atomic E-state index is 5.55. The molecule has 1 aliphatic carbocycles. The summed E-state index contributed by atoms with van der Waals surface area (Å²) in [6.45, 7) is 1.19. The summed E-state index contributed by atoms with van der Waals surface area (Å²) in [5.74, 6) is 1.62. The molecule has 1 aliphatic heterocycles. The van der Waals surface area contributed by atoms with Crippen molar-refractivity contribution in [2.75, 3.05) is 27.8 Å². The Kier molecular flexibility index (Phi) is 4.19. The summed E-state index contributed by atoms with van der Waals surface area (Å²) < 4.78 is 12.0. The Labute approximate surface area is 135 Å². The van der Waals surface area contributed by atoms with Crippen LogP contribution in [-0.2, 0) is 5.41 Å². The van der Waals surface area contributed by atoms with E-state index in [4.69, 9.17) is 9.47 Å². The Morgan fingerprint density at radius 1 is 1.19 bits per heavy atom. The summed E-state index contributed by atoms with van der Waals surface area (Å²) in [6, 6.07) is 5.11. The molecule has 0 radical (unpaired) electrons. The number of rotatable bonds is 3. The third-order valence-electron chi connectivity index (χ3n) is 5.44. The Morgan fingerprint density at radius 3 is 2.71 bits per heavy atom. The first-order valence-corrected chi connectivity index (χ1v) is 8.54. The highest BCUT2D eigenvalue weighted by Gasteiger charge is 2.48. The van der Waals surface area contributed by atoms with E-state index in [2.05, 4.69) is 40.0 Å². The van der Waals surface area contributed by atoms with E-state index < -0.39 is 0 Å². The molecule has 1 aromatic rings. The van der Waals surface area contributed by atoms with Gasteiger partial charge in [-0.3, -0.25) is 0 Å². The molecule has 1 saturated heterocycles. The van der Waals surface area contributed by atoms with Crippen LogP contribution in [0.5, 0.6) is 11.5 Å². The highest BCUT2D eigenvalue weighted by atomic mass is 79.9. The normalized spacial score (nSPS) is 29.2. The van der Waals surface area contributed by atoms with E-state index in [1.807, 2.05) is 0 Å². The Balaban J connectivity index is 2.08. The molecule has 1 heterocycles. The fourth-order valence-electron chi connectivity index (χ4n) is 4.37. The van der Waals surface area contributed by atoms with E-state index in [0.29, 0.717) is 6.04 Å². The largest absolute Gasteiger partial charge is 0.493 e. The third kappa shape index (κ3) is 2.36. The number of hydrogen-bond donors (Lipinski definition) is 0. The van der Waals surface area contributed by atoms with Crippen LogP contribution in [0.15, 0.2) is 16.6 Å². The smallest absolute Gasteiger partial charge is 0.174 e. The maximum Gasteiger partial charge on any atom is 0.174 e. The molecule has 0 spiro atoms. The number of halogens is 1. The van der Waals surface area contributed by atoms with Crippen molar-refractivity contribution in [3.63, 3.8) is 0 Å². The van der Waals surface area contributed by atoms with E-state index in [-0.39, 0.29) is 5.41 Å². The van der Waals surface area contributed by atoms with Crippen LogP contribution >= 0.6 is 15.9 Å². The van der Waals surface area contributed by atoms with Crippen LogP contribution in [0.1, 0.15) is 37.7 Å². The van der Waals surface area contributed by atoms with Crippen molar-refractivity contribution in [1.29, 1.82) is 0 Å². The molecule has 0 bridgehead atoms. The van der Waals surface area contributed by atoms with Crippen molar-refractivity contribution in [3.05, 3.63) is 22.2 Å². The molecule has 1 aromatic carbocycles. The topological polar surface area (TPSA) is 21.7 Å². The first-order chi connectivity index (χ1) is 10.1. The predicted octanol–water partition coefficient (Wildman–Crippen LogP) is 3.98. The second kappa shape index (κ2) is 5.81. The minimum absolute atomic E-state index is 0.287. The monoisotopic (exact) mass is 353 g/mol. The lowest BCUT2D eigenvalue weighted by molar-refractivity contribution is 0.181. The molecule has 1 saturated carbocycles. The number of likely N-dealkylation sites (tertiary alicyclic amines) is 1. The van der Waals surface area contributed by atoms with E-state index in [9.17, 15) is 0 Å². The molecule has 0 aromatic heterocycles. The standard InChI is InChI=1S/C17H24BrNO2/c1-19-9-8-17(7-5-4-6-15(17)19)12-10-13(18)16(21-3)14(11-12)20-2/h10-11,15H,4-9H2,1-3H3/t15?,17-/m0/s1. The number of ether oxygens (including phenoxy) is 2. The zero-order chi connectivity index (χ0) is 15.0. The van der Waals surface area contributed by atoms with Crippen molar-refractivity contribution in [3.8, 4) is 11.5 Å². The van der Waals surface area contributed by atoms with E-state index in [1.54, 1.807) is 14.2 Å². The lowest BCUT2D eigenvalue weighted by Crippen LogP contribution is -2.43. The van der Waals surface area contributed by atoms with Gasteiger partial charge >= 0.3 is 0 Å². The van der Waals surface area contributed by atoms with E-state index in [0.717, 1.165) is 16.0 Å². The molecule has 21 heavy (non-hydrogen) atoms. The van der Waals surface area contributed by atoms with Gasteiger partial charge in [0.1, 0.15) is 0 Å². The first-order valence-electron chi connectivity index (χ1n) is 7.74. The summed E-state index contributed by atoms with van der Waals surface area (Å²) in [5, 5.41) is 0. The van der Waals surface area contributed by atoms with Gasteiger partial charge in [0.2, 0.25) is 0 Å². The highest BCUT2D eigenvalue weighted by Crippen LogP contribution is 2.51. The number of fused-ring (bicyclic) bond motifs is 1. The van der Waals surface area contributed by atoms with Gasteiger partial charge in [-0.05, 0) is 66.5 Å². The number of likely N-dealkylation sites (N-methyl/N-ethyl adjacent to an activating group) is 1. The molecular formula is C17H24BrNO2. The molecule has 0 amide bonds. The van der Waals surface area contributed by atoms with Gasteiger partial charge in [0, 0.05) is 11.5 Å². The molecule has 1 unspecified atom stereocenters. The molecule has 3 rings (SSSR count). The lowest BCUT2D eigenvalue weighted by atomic mass is 9.66. The van der Waals surface area contributed by atoms with Gasteiger partial charge in [0.05, 0.1) is 18.7 Å². The highest BCUT2D eigenvalue weighted by molar-refractivity contribution is 9.10. The first kappa shape index (κ1) is 15.2. The minimum Gasteiger partial charge on any atom is -0.493 e. The molecule has 2 aliphatic rings. The van der Waals surface area contributed by atoms with E-state index in [1.165, 1.54) is 44.2 Å². The number of hydrogen-bond acceptors (Lipinski definition) is 3. The van der Waals surface area contributed by atoms with Gasteiger partial charge in [-0.1, -0.05) is 12.8 Å². The Bertz CT molecular complexity index is 530. The van der Waals surface area contributed by atoms with Crippen LogP contribution in [0.4, 0.5) is 0 Å². The lowest BCUT2D eigenvalue weighted by Gasteiger charge is -2.42. The van der Waals surface area contributed by atoms with E-state index >= 15 is 0 Å². The summed E-state index contributed by atoms with van der Waals surface area (Å²) in [4.78, 5) is 2.55. The minimum atomic E-state index is 0.287. The fourth-order valence-corrected chi connectivity index (χ4v) is 4.98. The summed E-state index contributed by atoms with van der Waals surface area (Å²) in [7, 11) is 5.67. The summed E-state index contributed by atoms with van der Waals surface area (Å²) in [6.07, 6.45) is 6.52. The van der Waals surface area contributed by atoms with Crippen molar-refractivity contribution < 1.29 is 9.47 Å². The van der Waals surface area contributed by atoms with Gasteiger partial charge in [-0.25, -0.2) is 0 Å². The number of benzene rings is 1. The fraction of sp³-hybridized carbons (Fsp3) is 0.647. The van der Waals surface area contributed by atoms with Crippen LogP contribution in [0.25, 0.3) is 0 Å². The molecular weight excluding hydrogens is 330 g/mol. The molecule has 2 fully saturated rings. The average Bonchev–Trinajstić information content (AvgIpc) is 2.85. The van der Waals surface area contributed by atoms with Crippen molar-refractivity contribution in [2.45, 2.75) is 43.6 Å². The number of nitrogens with zero attached hydrogens (tertiary/aromatic N) is 1. The molecule has 3 nitrogen and oxygen atoms in total. The zero-order valence-electron chi connectivity index (χ0n) is 13.1. The van der Waals surface area contributed by atoms with Crippen molar-refractivity contribution in [2.24, 2.45) is 0 Å². The molecule has 0 N–H and O–H groups in total. The maximum absolute atomic E-state index is 5.55. The number of methoxy groups -OCH3 is 2. The predicted molar refractivity (Wildman–Crippen MR) is 88.4 cm³/mol. The summed E-state index contributed by atoms with van der Waals surface area (Å²) in [5.41, 5.74) is 1.69. The molecule has 116 valence electrons. The quantitative estimate of drug-likeness (QED) is 0.820. The van der Waals surface area contributed by atoms with Crippen molar-refractivity contribution in [1.82, 2.24) is 4.90 Å². The SMILES string of the molecule is COc1cc([C@@]23CCCCC2N(C)CC3)cc(Br)c1OC.